The first kappa shape index (κ1) is 11.8. The van der Waals surface area contributed by atoms with Crippen LogP contribution in [0.1, 0.15) is 5.56 Å². The summed E-state index contributed by atoms with van der Waals surface area (Å²) in [6, 6.07) is 7.32. The molecule has 2 aromatic rings. The molecule has 2 rings (SSSR count). The highest BCUT2D eigenvalue weighted by molar-refractivity contribution is 6.30. The van der Waals surface area contributed by atoms with E-state index in [-0.39, 0.29) is 0 Å². The van der Waals surface area contributed by atoms with E-state index in [1.807, 2.05) is 31.3 Å². The second-order valence-electron chi connectivity index (χ2n) is 3.76. The van der Waals surface area contributed by atoms with Gasteiger partial charge in [-0.05, 0) is 36.8 Å². The lowest BCUT2D eigenvalue weighted by molar-refractivity contribution is 0.290. The predicted octanol–water partition coefficient (Wildman–Crippen LogP) is 2.51. The van der Waals surface area contributed by atoms with Crippen LogP contribution in [-0.4, -0.2) is 16.4 Å². The Hall–Kier alpha value is -1.68. The lowest BCUT2D eigenvalue weighted by atomic mass is 10.2. The SMILES string of the molecule is Cc1cc(Cl)ccc1OCCn1ccc(N)n1. The molecule has 1 aromatic heterocycles. The number of nitrogen functional groups attached to an aromatic ring is 1. The number of rotatable bonds is 4. The van der Waals surface area contributed by atoms with E-state index in [0.29, 0.717) is 19.0 Å². The van der Waals surface area contributed by atoms with Crippen LogP contribution in [0.3, 0.4) is 0 Å². The zero-order chi connectivity index (χ0) is 12.3. The number of nitrogens with two attached hydrogens (primary N) is 1. The minimum Gasteiger partial charge on any atom is -0.491 e. The molecule has 0 radical (unpaired) electrons. The number of aryl methyl sites for hydroxylation is 1. The molecule has 4 nitrogen and oxygen atoms in total. The number of anilines is 1. The van der Waals surface area contributed by atoms with Gasteiger partial charge in [0.1, 0.15) is 18.2 Å². The largest absolute Gasteiger partial charge is 0.491 e. The van der Waals surface area contributed by atoms with Gasteiger partial charge in [-0.25, -0.2) is 0 Å². The van der Waals surface area contributed by atoms with Crippen molar-refractivity contribution < 1.29 is 4.74 Å². The predicted molar refractivity (Wildman–Crippen MR) is 68.3 cm³/mol. The molecule has 0 aliphatic heterocycles. The molecule has 0 bridgehead atoms. The molecule has 0 aliphatic rings. The van der Waals surface area contributed by atoms with Crippen molar-refractivity contribution in [2.75, 3.05) is 12.3 Å². The third kappa shape index (κ3) is 3.14. The first-order valence-corrected chi connectivity index (χ1v) is 5.71. The summed E-state index contributed by atoms with van der Waals surface area (Å²) in [5, 5.41) is 4.79. The van der Waals surface area contributed by atoms with Crippen LogP contribution < -0.4 is 10.5 Å². The maximum absolute atomic E-state index is 5.87. The van der Waals surface area contributed by atoms with Gasteiger partial charge in [-0.3, -0.25) is 4.68 Å². The topological polar surface area (TPSA) is 53.1 Å². The van der Waals surface area contributed by atoms with E-state index in [4.69, 9.17) is 22.1 Å². The number of hydrogen-bond donors (Lipinski definition) is 1. The van der Waals surface area contributed by atoms with Crippen LogP contribution in [0.4, 0.5) is 5.82 Å². The number of nitrogens with zero attached hydrogens (tertiary/aromatic N) is 2. The second kappa shape index (κ2) is 5.10. The van der Waals surface area contributed by atoms with E-state index >= 15 is 0 Å². The summed E-state index contributed by atoms with van der Waals surface area (Å²) in [6.07, 6.45) is 1.83. The van der Waals surface area contributed by atoms with Crippen molar-refractivity contribution in [3.05, 3.63) is 41.0 Å². The van der Waals surface area contributed by atoms with Gasteiger partial charge in [0.25, 0.3) is 0 Å². The fourth-order valence-electron chi connectivity index (χ4n) is 1.53. The molecule has 0 fully saturated rings. The maximum atomic E-state index is 5.87. The van der Waals surface area contributed by atoms with Crippen molar-refractivity contribution in [2.24, 2.45) is 0 Å². The molecule has 0 unspecified atom stereocenters. The normalized spacial score (nSPS) is 10.5. The quantitative estimate of drug-likeness (QED) is 0.908. The molecule has 1 heterocycles. The van der Waals surface area contributed by atoms with E-state index in [1.165, 1.54) is 0 Å². The van der Waals surface area contributed by atoms with E-state index in [2.05, 4.69) is 5.10 Å². The van der Waals surface area contributed by atoms with Gasteiger partial charge < -0.3 is 10.5 Å². The Labute approximate surface area is 105 Å². The third-order valence-electron chi connectivity index (χ3n) is 2.38. The van der Waals surface area contributed by atoms with Gasteiger partial charge in [0, 0.05) is 11.2 Å². The van der Waals surface area contributed by atoms with Crippen LogP contribution >= 0.6 is 11.6 Å². The van der Waals surface area contributed by atoms with Gasteiger partial charge in [-0.15, -0.1) is 0 Å². The van der Waals surface area contributed by atoms with Gasteiger partial charge in [-0.2, -0.15) is 5.10 Å². The van der Waals surface area contributed by atoms with Crippen molar-refractivity contribution in [2.45, 2.75) is 13.5 Å². The zero-order valence-electron chi connectivity index (χ0n) is 9.56. The molecule has 0 amide bonds. The summed E-state index contributed by atoms with van der Waals surface area (Å²) in [6.45, 7) is 3.18. The van der Waals surface area contributed by atoms with Crippen molar-refractivity contribution in [3.8, 4) is 5.75 Å². The van der Waals surface area contributed by atoms with E-state index in [0.717, 1.165) is 16.3 Å². The highest BCUT2D eigenvalue weighted by Gasteiger charge is 2.00. The van der Waals surface area contributed by atoms with Crippen LogP contribution in [0, 0.1) is 6.92 Å². The molecule has 0 saturated carbocycles. The average molecular weight is 252 g/mol. The molecule has 17 heavy (non-hydrogen) atoms. The fraction of sp³-hybridized carbons (Fsp3) is 0.250. The number of hydrogen-bond acceptors (Lipinski definition) is 3. The van der Waals surface area contributed by atoms with Gasteiger partial charge in [0.15, 0.2) is 0 Å². The monoisotopic (exact) mass is 251 g/mol. The Balaban J connectivity index is 1.90. The summed E-state index contributed by atoms with van der Waals surface area (Å²) in [4.78, 5) is 0. The van der Waals surface area contributed by atoms with Crippen LogP contribution in [0.5, 0.6) is 5.75 Å². The Bertz CT molecular complexity index is 510. The van der Waals surface area contributed by atoms with Crippen molar-refractivity contribution in [1.82, 2.24) is 9.78 Å². The summed E-state index contributed by atoms with van der Waals surface area (Å²) in [7, 11) is 0. The Kier molecular flexibility index (Phi) is 3.54. The molecule has 90 valence electrons. The van der Waals surface area contributed by atoms with Crippen molar-refractivity contribution in [1.29, 1.82) is 0 Å². The lowest BCUT2D eigenvalue weighted by Gasteiger charge is -2.09. The van der Waals surface area contributed by atoms with Crippen LogP contribution in [0.25, 0.3) is 0 Å². The molecule has 0 saturated heterocycles. The molecular weight excluding hydrogens is 238 g/mol. The van der Waals surface area contributed by atoms with Crippen molar-refractivity contribution >= 4 is 17.4 Å². The number of benzene rings is 1. The smallest absolute Gasteiger partial charge is 0.145 e. The molecule has 1 aromatic carbocycles. The standard InChI is InChI=1S/C12H14ClN3O/c1-9-8-10(13)2-3-11(9)17-7-6-16-5-4-12(14)15-16/h2-5,8H,6-7H2,1H3,(H2,14,15). The Morgan fingerprint density at radius 3 is 2.88 bits per heavy atom. The van der Waals surface area contributed by atoms with Crippen molar-refractivity contribution in [3.63, 3.8) is 0 Å². The van der Waals surface area contributed by atoms with Gasteiger partial charge in [-0.1, -0.05) is 11.6 Å². The molecule has 2 N–H and O–H groups in total. The number of halogens is 1. The minimum absolute atomic E-state index is 0.521. The van der Waals surface area contributed by atoms with Gasteiger partial charge >= 0.3 is 0 Å². The number of ether oxygens (including phenoxy) is 1. The fourth-order valence-corrected chi connectivity index (χ4v) is 1.75. The van der Waals surface area contributed by atoms with Gasteiger partial charge in [0.05, 0.1) is 6.54 Å². The van der Waals surface area contributed by atoms with Crippen LogP contribution in [0.2, 0.25) is 5.02 Å². The van der Waals surface area contributed by atoms with Crippen LogP contribution in [0.15, 0.2) is 30.5 Å². The average Bonchev–Trinajstić information content (AvgIpc) is 2.68. The van der Waals surface area contributed by atoms with Crippen LogP contribution in [-0.2, 0) is 6.54 Å². The molecule has 5 heteroatoms. The van der Waals surface area contributed by atoms with E-state index in [9.17, 15) is 0 Å². The Morgan fingerprint density at radius 2 is 2.24 bits per heavy atom. The third-order valence-corrected chi connectivity index (χ3v) is 2.61. The molecular formula is C12H14ClN3O. The molecule has 0 spiro atoms. The first-order chi connectivity index (χ1) is 8.15. The highest BCUT2D eigenvalue weighted by Crippen LogP contribution is 2.21. The number of aromatic nitrogens is 2. The maximum Gasteiger partial charge on any atom is 0.145 e. The molecule has 0 aliphatic carbocycles. The van der Waals surface area contributed by atoms with E-state index in [1.54, 1.807) is 10.7 Å². The second-order valence-corrected chi connectivity index (χ2v) is 4.20. The summed E-state index contributed by atoms with van der Waals surface area (Å²) < 4.78 is 7.40. The lowest BCUT2D eigenvalue weighted by Crippen LogP contribution is -2.09. The minimum atomic E-state index is 0.521. The Morgan fingerprint density at radius 1 is 1.41 bits per heavy atom. The molecule has 0 atom stereocenters. The highest BCUT2D eigenvalue weighted by atomic mass is 35.5. The summed E-state index contributed by atoms with van der Waals surface area (Å²) in [5.74, 6) is 1.36. The van der Waals surface area contributed by atoms with E-state index < -0.39 is 0 Å². The zero-order valence-corrected chi connectivity index (χ0v) is 10.3. The van der Waals surface area contributed by atoms with Gasteiger partial charge in [0.2, 0.25) is 0 Å². The first-order valence-electron chi connectivity index (χ1n) is 5.33. The summed E-state index contributed by atoms with van der Waals surface area (Å²) in [5.41, 5.74) is 6.54. The summed E-state index contributed by atoms with van der Waals surface area (Å²) >= 11 is 5.87.